The molecule has 0 atom stereocenters. The first kappa shape index (κ1) is 16.7. The molecule has 2 aromatic rings. The Morgan fingerprint density at radius 2 is 2.04 bits per heavy atom. The van der Waals surface area contributed by atoms with Crippen LogP contribution in [0.15, 0.2) is 21.5 Å². The maximum Gasteiger partial charge on any atom is 0.435 e. The van der Waals surface area contributed by atoms with Crippen molar-refractivity contribution < 1.29 is 22.5 Å². The van der Waals surface area contributed by atoms with Gasteiger partial charge in [-0.1, -0.05) is 5.16 Å². The summed E-state index contributed by atoms with van der Waals surface area (Å²) in [6.45, 7) is 2.88. The van der Waals surface area contributed by atoms with Crippen LogP contribution in [-0.4, -0.2) is 27.4 Å². The molecule has 0 bridgehead atoms. The average molecular weight is 330 g/mol. The van der Waals surface area contributed by atoms with Gasteiger partial charge in [-0.2, -0.15) is 18.3 Å². The molecule has 2 heterocycles. The summed E-state index contributed by atoms with van der Waals surface area (Å²) >= 11 is 0. The van der Waals surface area contributed by atoms with Gasteiger partial charge in [0.05, 0.1) is 12.2 Å². The smallest absolute Gasteiger partial charge is 0.361 e. The van der Waals surface area contributed by atoms with Crippen molar-refractivity contribution in [3.8, 4) is 0 Å². The summed E-state index contributed by atoms with van der Waals surface area (Å²) in [5, 5.41) is 9.34. The molecular weight excluding hydrogens is 317 g/mol. The van der Waals surface area contributed by atoms with Gasteiger partial charge in [0.2, 0.25) is 0 Å². The van der Waals surface area contributed by atoms with E-state index >= 15 is 0 Å². The zero-order valence-corrected chi connectivity index (χ0v) is 12.3. The predicted molar refractivity (Wildman–Crippen MR) is 71.8 cm³/mol. The number of carbonyl (C=O) groups is 1. The summed E-state index contributed by atoms with van der Waals surface area (Å²) < 4.78 is 43.2. The second-order valence-corrected chi connectivity index (χ2v) is 4.73. The topological polar surface area (TPSA) is 90.0 Å². The average Bonchev–Trinajstić information content (AvgIpc) is 2.79. The molecule has 2 rings (SSSR count). The molecule has 2 aromatic heterocycles. The van der Waals surface area contributed by atoms with E-state index in [9.17, 15) is 22.8 Å². The van der Waals surface area contributed by atoms with Crippen LogP contribution in [0.25, 0.3) is 0 Å². The Morgan fingerprint density at radius 1 is 1.35 bits per heavy atom. The summed E-state index contributed by atoms with van der Waals surface area (Å²) in [6, 6.07) is 1.40. The number of alkyl halides is 3. The first-order chi connectivity index (χ1) is 10.7. The number of amides is 1. The largest absolute Gasteiger partial charge is 0.435 e. The number of aromatic nitrogens is 3. The molecule has 0 saturated heterocycles. The van der Waals surface area contributed by atoms with Gasteiger partial charge in [-0.3, -0.25) is 9.59 Å². The standard InChI is InChI=1S/C13H13F3N4O3/c1-7-11(8(2)23-19-7)12(22)17-5-6-20-10(21)4-3-9(18-20)13(14,15)16/h3-4H,5-6H2,1-2H3,(H,17,22). The molecule has 124 valence electrons. The number of aryl methyl sites for hydroxylation is 2. The molecule has 0 aliphatic heterocycles. The molecule has 1 amide bonds. The first-order valence-electron chi connectivity index (χ1n) is 6.56. The first-order valence-corrected chi connectivity index (χ1v) is 6.56. The van der Waals surface area contributed by atoms with Gasteiger partial charge in [0, 0.05) is 12.6 Å². The fourth-order valence-corrected chi connectivity index (χ4v) is 1.93. The van der Waals surface area contributed by atoms with Gasteiger partial charge in [-0.25, -0.2) is 4.68 Å². The van der Waals surface area contributed by atoms with Crippen LogP contribution in [0.2, 0.25) is 0 Å². The Morgan fingerprint density at radius 3 is 2.61 bits per heavy atom. The van der Waals surface area contributed by atoms with Crippen LogP contribution in [0.3, 0.4) is 0 Å². The lowest BCUT2D eigenvalue weighted by Crippen LogP contribution is -2.33. The van der Waals surface area contributed by atoms with Gasteiger partial charge in [-0.15, -0.1) is 0 Å². The van der Waals surface area contributed by atoms with E-state index in [1.807, 2.05) is 0 Å². The lowest BCUT2D eigenvalue weighted by atomic mass is 10.2. The second-order valence-electron chi connectivity index (χ2n) is 4.73. The molecule has 10 heteroatoms. The van der Waals surface area contributed by atoms with Crippen LogP contribution >= 0.6 is 0 Å². The van der Waals surface area contributed by atoms with Crippen molar-refractivity contribution in [2.24, 2.45) is 0 Å². The quantitative estimate of drug-likeness (QED) is 0.912. The van der Waals surface area contributed by atoms with Crippen LogP contribution in [0, 0.1) is 13.8 Å². The molecule has 7 nitrogen and oxygen atoms in total. The molecule has 0 aromatic carbocycles. The van der Waals surface area contributed by atoms with E-state index in [1.54, 1.807) is 13.8 Å². The fourth-order valence-electron chi connectivity index (χ4n) is 1.93. The molecule has 0 saturated carbocycles. The third-order valence-corrected chi connectivity index (χ3v) is 3.03. The molecule has 0 fully saturated rings. The van der Waals surface area contributed by atoms with Crippen LogP contribution in [0.1, 0.15) is 27.5 Å². The Balaban J connectivity index is 2.05. The molecule has 0 spiro atoms. The summed E-state index contributed by atoms with van der Waals surface area (Å²) in [4.78, 5) is 23.5. The summed E-state index contributed by atoms with van der Waals surface area (Å²) in [5.41, 5.74) is -1.21. The predicted octanol–water partition coefficient (Wildman–Crippen LogP) is 1.30. The van der Waals surface area contributed by atoms with E-state index in [0.29, 0.717) is 22.2 Å². The van der Waals surface area contributed by atoms with Crippen molar-refractivity contribution in [1.29, 1.82) is 0 Å². The van der Waals surface area contributed by atoms with E-state index < -0.39 is 23.3 Å². The Labute approximate surface area is 128 Å². The normalized spacial score (nSPS) is 11.5. The highest BCUT2D eigenvalue weighted by atomic mass is 19.4. The number of hydrogen-bond acceptors (Lipinski definition) is 5. The van der Waals surface area contributed by atoms with Crippen molar-refractivity contribution >= 4 is 5.91 Å². The van der Waals surface area contributed by atoms with Crippen molar-refractivity contribution in [2.45, 2.75) is 26.6 Å². The zero-order valence-electron chi connectivity index (χ0n) is 12.3. The second kappa shape index (κ2) is 6.23. The number of hydrogen-bond donors (Lipinski definition) is 1. The maximum atomic E-state index is 12.6. The summed E-state index contributed by atoms with van der Waals surface area (Å²) in [5.74, 6) is -0.157. The van der Waals surface area contributed by atoms with Gasteiger partial charge in [0.25, 0.3) is 11.5 Å². The maximum absolute atomic E-state index is 12.6. The third-order valence-electron chi connectivity index (χ3n) is 3.03. The van der Waals surface area contributed by atoms with Crippen LogP contribution < -0.4 is 10.9 Å². The minimum absolute atomic E-state index is 0.0723. The number of halogens is 3. The van der Waals surface area contributed by atoms with E-state index in [1.165, 1.54) is 0 Å². The van der Waals surface area contributed by atoms with Crippen LogP contribution in [0.5, 0.6) is 0 Å². The number of nitrogens with one attached hydrogen (secondary N) is 1. The minimum atomic E-state index is -4.64. The van der Waals surface area contributed by atoms with Crippen molar-refractivity contribution in [2.75, 3.05) is 6.54 Å². The number of rotatable bonds is 4. The van der Waals surface area contributed by atoms with E-state index in [4.69, 9.17) is 4.52 Å². The number of carbonyl (C=O) groups excluding carboxylic acids is 1. The minimum Gasteiger partial charge on any atom is -0.361 e. The van der Waals surface area contributed by atoms with E-state index in [0.717, 1.165) is 6.07 Å². The molecule has 0 radical (unpaired) electrons. The Hall–Kier alpha value is -2.65. The SMILES string of the molecule is Cc1noc(C)c1C(=O)NCCn1nc(C(F)(F)F)ccc1=O. The molecule has 0 aliphatic carbocycles. The van der Waals surface area contributed by atoms with Gasteiger partial charge in [-0.05, 0) is 19.9 Å². The summed E-state index contributed by atoms with van der Waals surface area (Å²) in [7, 11) is 0. The monoisotopic (exact) mass is 330 g/mol. The van der Waals surface area contributed by atoms with Gasteiger partial charge in [0.1, 0.15) is 11.3 Å². The van der Waals surface area contributed by atoms with E-state index in [-0.39, 0.29) is 18.7 Å². The molecular formula is C13H13F3N4O3. The fraction of sp³-hybridized carbons (Fsp3) is 0.385. The van der Waals surface area contributed by atoms with Gasteiger partial charge >= 0.3 is 6.18 Å². The lowest BCUT2D eigenvalue weighted by molar-refractivity contribution is -0.142. The molecule has 23 heavy (non-hydrogen) atoms. The van der Waals surface area contributed by atoms with Gasteiger partial charge in [0.15, 0.2) is 5.69 Å². The summed E-state index contributed by atoms with van der Waals surface area (Å²) in [6.07, 6.45) is -4.64. The van der Waals surface area contributed by atoms with Gasteiger partial charge < -0.3 is 9.84 Å². The highest BCUT2D eigenvalue weighted by Crippen LogP contribution is 2.26. The Kier molecular flexibility index (Phi) is 4.52. The van der Waals surface area contributed by atoms with E-state index in [2.05, 4.69) is 15.6 Å². The van der Waals surface area contributed by atoms with Crippen molar-refractivity contribution in [1.82, 2.24) is 20.3 Å². The third kappa shape index (κ3) is 3.76. The van der Waals surface area contributed by atoms with Crippen LogP contribution in [-0.2, 0) is 12.7 Å². The number of nitrogens with zero attached hydrogens (tertiary/aromatic N) is 3. The highest BCUT2D eigenvalue weighted by Gasteiger charge is 2.33. The van der Waals surface area contributed by atoms with Crippen LogP contribution in [0.4, 0.5) is 13.2 Å². The lowest BCUT2D eigenvalue weighted by Gasteiger charge is -2.10. The van der Waals surface area contributed by atoms with Crippen molar-refractivity contribution in [3.63, 3.8) is 0 Å². The molecule has 0 unspecified atom stereocenters. The Bertz CT molecular complexity index is 760. The molecule has 0 aliphatic rings. The highest BCUT2D eigenvalue weighted by molar-refractivity contribution is 5.96. The molecule has 1 N–H and O–H groups in total. The zero-order chi connectivity index (χ0) is 17.2. The van der Waals surface area contributed by atoms with Crippen molar-refractivity contribution in [3.05, 3.63) is 45.2 Å².